The van der Waals surface area contributed by atoms with Gasteiger partial charge in [-0.25, -0.2) is 0 Å². The molecule has 0 aromatic heterocycles. The second-order valence-corrected chi connectivity index (χ2v) is 6.36. The standard InChI is InChI=1S/C13H17Cl2NS/c1-3-16-13-8(2)6-17-7-11-10(13)4-9(14)5-12(11)15/h4-5,8,13,16H,3,6-7H2,1-2H3. The van der Waals surface area contributed by atoms with E-state index in [1.165, 1.54) is 11.1 Å². The Labute approximate surface area is 117 Å². The summed E-state index contributed by atoms with van der Waals surface area (Å²) in [6.45, 7) is 5.38. The van der Waals surface area contributed by atoms with Crippen molar-refractivity contribution in [2.24, 2.45) is 5.92 Å². The SMILES string of the molecule is CCNC1c2cc(Cl)cc(Cl)c2CSCC1C. The summed E-state index contributed by atoms with van der Waals surface area (Å²) >= 11 is 14.4. The van der Waals surface area contributed by atoms with E-state index in [4.69, 9.17) is 23.2 Å². The van der Waals surface area contributed by atoms with Crippen molar-refractivity contribution in [2.45, 2.75) is 25.6 Å². The molecule has 2 rings (SSSR count). The molecular formula is C13H17Cl2NS. The van der Waals surface area contributed by atoms with Gasteiger partial charge < -0.3 is 5.32 Å². The monoisotopic (exact) mass is 289 g/mol. The van der Waals surface area contributed by atoms with E-state index in [0.717, 1.165) is 28.1 Å². The Kier molecular flexibility index (Phi) is 4.65. The van der Waals surface area contributed by atoms with Gasteiger partial charge in [0.15, 0.2) is 0 Å². The van der Waals surface area contributed by atoms with Crippen LogP contribution in [0.25, 0.3) is 0 Å². The normalized spacial score (nSPS) is 24.2. The van der Waals surface area contributed by atoms with Gasteiger partial charge in [0.1, 0.15) is 0 Å². The summed E-state index contributed by atoms with van der Waals surface area (Å²) in [5, 5.41) is 5.09. The van der Waals surface area contributed by atoms with Crippen LogP contribution in [0.3, 0.4) is 0 Å². The molecule has 0 fully saturated rings. The van der Waals surface area contributed by atoms with Gasteiger partial charge in [-0.05, 0) is 41.5 Å². The van der Waals surface area contributed by atoms with Crippen molar-refractivity contribution in [3.05, 3.63) is 33.3 Å². The van der Waals surface area contributed by atoms with Crippen LogP contribution in [0.5, 0.6) is 0 Å². The van der Waals surface area contributed by atoms with Crippen molar-refractivity contribution in [3.8, 4) is 0 Å². The predicted octanol–water partition coefficient (Wildman–Crippen LogP) is 4.53. The van der Waals surface area contributed by atoms with Crippen LogP contribution in [0.4, 0.5) is 0 Å². The molecule has 1 N–H and O–H groups in total. The van der Waals surface area contributed by atoms with E-state index in [2.05, 4.69) is 25.2 Å². The summed E-state index contributed by atoms with van der Waals surface area (Å²) in [5.74, 6) is 2.73. The minimum atomic E-state index is 0.362. The molecule has 0 radical (unpaired) electrons. The van der Waals surface area contributed by atoms with Crippen LogP contribution >= 0.6 is 35.0 Å². The van der Waals surface area contributed by atoms with E-state index in [-0.39, 0.29) is 0 Å². The van der Waals surface area contributed by atoms with E-state index < -0.39 is 0 Å². The quantitative estimate of drug-likeness (QED) is 0.859. The third-order valence-electron chi connectivity index (χ3n) is 3.15. The maximum absolute atomic E-state index is 6.31. The Morgan fingerprint density at radius 3 is 2.88 bits per heavy atom. The van der Waals surface area contributed by atoms with Gasteiger partial charge in [0.05, 0.1) is 0 Å². The number of thioether (sulfide) groups is 1. The van der Waals surface area contributed by atoms with Gasteiger partial charge in [-0.2, -0.15) is 11.8 Å². The molecule has 0 saturated heterocycles. The molecule has 2 unspecified atom stereocenters. The minimum Gasteiger partial charge on any atom is -0.310 e. The van der Waals surface area contributed by atoms with Crippen LogP contribution < -0.4 is 5.32 Å². The second-order valence-electron chi connectivity index (χ2n) is 4.48. The van der Waals surface area contributed by atoms with Gasteiger partial charge in [0.2, 0.25) is 0 Å². The zero-order chi connectivity index (χ0) is 12.4. The largest absolute Gasteiger partial charge is 0.310 e. The zero-order valence-corrected chi connectivity index (χ0v) is 12.4. The predicted molar refractivity (Wildman–Crippen MR) is 78.2 cm³/mol. The van der Waals surface area contributed by atoms with Gasteiger partial charge in [-0.3, -0.25) is 0 Å². The fourth-order valence-corrected chi connectivity index (χ4v) is 4.20. The number of rotatable bonds is 2. The Bertz CT molecular complexity index is 409. The first-order chi connectivity index (χ1) is 8.13. The van der Waals surface area contributed by atoms with Crippen LogP contribution in [-0.4, -0.2) is 12.3 Å². The lowest BCUT2D eigenvalue weighted by molar-refractivity contribution is 0.428. The maximum atomic E-state index is 6.31. The van der Waals surface area contributed by atoms with Crippen LogP contribution in [0, 0.1) is 5.92 Å². The molecule has 1 aromatic carbocycles. The molecule has 4 heteroatoms. The molecule has 0 aliphatic carbocycles. The van der Waals surface area contributed by atoms with Crippen LogP contribution in [0.15, 0.2) is 12.1 Å². The molecule has 1 aromatic rings. The van der Waals surface area contributed by atoms with Gasteiger partial charge in [0.25, 0.3) is 0 Å². The van der Waals surface area contributed by atoms with Crippen molar-refractivity contribution in [3.63, 3.8) is 0 Å². The number of hydrogen-bond acceptors (Lipinski definition) is 2. The van der Waals surface area contributed by atoms with E-state index >= 15 is 0 Å². The molecule has 2 atom stereocenters. The molecule has 94 valence electrons. The molecule has 1 aliphatic rings. The minimum absolute atomic E-state index is 0.362. The average molecular weight is 290 g/mol. The van der Waals surface area contributed by atoms with Crippen molar-refractivity contribution in [1.82, 2.24) is 5.32 Å². The zero-order valence-electron chi connectivity index (χ0n) is 10.1. The molecular weight excluding hydrogens is 273 g/mol. The molecule has 0 spiro atoms. The molecule has 0 amide bonds. The second kappa shape index (κ2) is 5.83. The Morgan fingerprint density at radius 1 is 1.41 bits per heavy atom. The molecule has 1 heterocycles. The first kappa shape index (κ1) is 13.5. The Morgan fingerprint density at radius 2 is 2.18 bits per heavy atom. The Balaban J connectivity index is 2.48. The lowest BCUT2D eigenvalue weighted by Crippen LogP contribution is -2.27. The fourth-order valence-electron chi connectivity index (χ4n) is 2.33. The van der Waals surface area contributed by atoms with E-state index in [1.54, 1.807) is 0 Å². The van der Waals surface area contributed by atoms with Crippen molar-refractivity contribution in [1.29, 1.82) is 0 Å². The number of benzene rings is 1. The summed E-state index contributed by atoms with van der Waals surface area (Å²) in [7, 11) is 0. The highest BCUT2D eigenvalue weighted by atomic mass is 35.5. The van der Waals surface area contributed by atoms with E-state index in [9.17, 15) is 0 Å². The van der Waals surface area contributed by atoms with Crippen LogP contribution in [0.2, 0.25) is 10.0 Å². The van der Waals surface area contributed by atoms with Gasteiger partial charge in [0, 0.05) is 21.8 Å². The third kappa shape index (κ3) is 2.93. The van der Waals surface area contributed by atoms with Crippen molar-refractivity contribution in [2.75, 3.05) is 12.3 Å². The average Bonchev–Trinajstić information content (AvgIpc) is 2.41. The van der Waals surface area contributed by atoms with Crippen molar-refractivity contribution >= 4 is 35.0 Å². The molecule has 17 heavy (non-hydrogen) atoms. The van der Waals surface area contributed by atoms with Gasteiger partial charge in [-0.1, -0.05) is 37.0 Å². The van der Waals surface area contributed by atoms with Crippen LogP contribution in [0.1, 0.15) is 31.0 Å². The first-order valence-electron chi connectivity index (χ1n) is 5.92. The number of fused-ring (bicyclic) bond motifs is 1. The maximum Gasteiger partial charge on any atom is 0.0464 e. The van der Waals surface area contributed by atoms with E-state index in [0.29, 0.717) is 12.0 Å². The number of nitrogens with one attached hydrogen (secondary N) is 1. The summed E-state index contributed by atoms with van der Waals surface area (Å²) in [4.78, 5) is 0. The third-order valence-corrected chi connectivity index (χ3v) is 4.96. The summed E-state index contributed by atoms with van der Waals surface area (Å²) < 4.78 is 0. The highest BCUT2D eigenvalue weighted by molar-refractivity contribution is 7.98. The van der Waals surface area contributed by atoms with Gasteiger partial charge >= 0.3 is 0 Å². The van der Waals surface area contributed by atoms with Crippen molar-refractivity contribution < 1.29 is 0 Å². The fraction of sp³-hybridized carbons (Fsp3) is 0.538. The number of halogens is 2. The first-order valence-corrected chi connectivity index (χ1v) is 7.83. The molecule has 0 saturated carbocycles. The highest BCUT2D eigenvalue weighted by Crippen LogP contribution is 2.39. The number of hydrogen-bond donors (Lipinski definition) is 1. The summed E-state index contributed by atoms with van der Waals surface area (Å²) in [5.41, 5.74) is 2.53. The highest BCUT2D eigenvalue weighted by Gasteiger charge is 2.26. The molecule has 0 bridgehead atoms. The smallest absolute Gasteiger partial charge is 0.0464 e. The lowest BCUT2D eigenvalue weighted by Gasteiger charge is -2.24. The summed E-state index contributed by atoms with van der Waals surface area (Å²) in [6.07, 6.45) is 0. The van der Waals surface area contributed by atoms with E-state index in [1.807, 2.05) is 17.8 Å². The van der Waals surface area contributed by atoms with Gasteiger partial charge in [-0.15, -0.1) is 0 Å². The molecule has 1 aliphatic heterocycles. The summed E-state index contributed by atoms with van der Waals surface area (Å²) in [6, 6.07) is 4.28. The van der Waals surface area contributed by atoms with Crippen LogP contribution in [-0.2, 0) is 5.75 Å². The Hall–Kier alpha value is 0.110. The molecule has 1 nitrogen and oxygen atoms in total. The lowest BCUT2D eigenvalue weighted by atomic mass is 9.92. The topological polar surface area (TPSA) is 12.0 Å².